The second-order valence-corrected chi connectivity index (χ2v) is 11.3. The molecule has 3 aromatic carbocycles. The van der Waals surface area contributed by atoms with E-state index in [1.807, 2.05) is 25.7 Å². The van der Waals surface area contributed by atoms with E-state index < -0.39 is 19.3 Å². The van der Waals surface area contributed by atoms with E-state index in [2.05, 4.69) is 0 Å². The molecule has 0 heterocycles. The highest BCUT2D eigenvalue weighted by molar-refractivity contribution is 8.28. The highest BCUT2D eigenvalue weighted by Gasteiger charge is 2.37. The summed E-state index contributed by atoms with van der Waals surface area (Å²) in [4.78, 5) is 13.6. The fourth-order valence-electron chi connectivity index (χ4n) is 3.46. The predicted octanol–water partition coefficient (Wildman–Crippen LogP) is 5.89. The summed E-state index contributed by atoms with van der Waals surface area (Å²) in [7, 11) is -4.00. The number of aryl methyl sites for hydroxylation is 1. The normalized spacial score (nSPS) is 12.5. The zero-order valence-electron chi connectivity index (χ0n) is 18.0. The Morgan fingerprint density at radius 3 is 2.28 bits per heavy atom. The first-order chi connectivity index (χ1) is 15.2. The van der Waals surface area contributed by atoms with Crippen LogP contribution in [0.15, 0.2) is 65.6 Å². The number of hydrogen-bond acceptors (Lipinski definition) is 6. The van der Waals surface area contributed by atoms with Crippen LogP contribution < -0.4 is 0 Å². The number of rotatable bonds is 7. The van der Waals surface area contributed by atoms with Crippen molar-refractivity contribution in [1.82, 2.24) is 4.90 Å². The van der Waals surface area contributed by atoms with E-state index in [0.717, 1.165) is 17.3 Å². The molecule has 0 N–H and O–H groups in total. The molecule has 9 heteroatoms. The third-order valence-electron chi connectivity index (χ3n) is 5.23. The van der Waals surface area contributed by atoms with Gasteiger partial charge in [-0.3, -0.25) is 10.1 Å². The molecule has 0 bridgehead atoms. The molecule has 0 spiro atoms. The smallest absolute Gasteiger partial charge is 0.282 e. The summed E-state index contributed by atoms with van der Waals surface area (Å²) in [6.45, 7) is 6.95. The van der Waals surface area contributed by atoms with E-state index in [1.165, 1.54) is 18.2 Å². The lowest BCUT2D eigenvalue weighted by Gasteiger charge is -2.25. The van der Waals surface area contributed by atoms with Gasteiger partial charge in [0.25, 0.3) is 5.69 Å². The van der Waals surface area contributed by atoms with Crippen LogP contribution in [0.1, 0.15) is 29.6 Å². The lowest BCUT2D eigenvalue weighted by molar-refractivity contribution is -0.383. The summed E-state index contributed by atoms with van der Waals surface area (Å²) in [5.74, 6) is 0. The van der Waals surface area contributed by atoms with Crippen molar-refractivity contribution in [2.75, 3.05) is 13.1 Å². The van der Waals surface area contributed by atoms with Crippen molar-refractivity contribution < 1.29 is 13.3 Å². The maximum Gasteiger partial charge on any atom is 0.282 e. The number of nitro benzene ring substituents is 1. The fraction of sp³-hybridized carbons (Fsp3) is 0.261. The van der Waals surface area contributed by atoms with Crippen molar-refractivity contribution in [3.8, 4) is 0 Å². The van der Waals surface area contributed by atoms with Crippen LogP contribution in [0.4, 0.5) is 5.69 Å². The summed E-state index contributed by atoms with van der Waals surface area (Å²) >= 11 is 6.52. The van der Waals surface area contributed by atoms with Gasteiger partial charge in [0.05, 0.1) is 20.8 Å². The molecule has 3 aromatic rings. The molecule has 32 heavy (non-hydrogen) atoms. The maximum absolute atomic E-state index is 13.8. The number of benzene rings is 3. The molecule has 0 unspecified atom stereocenters. The lowest BCUT2D eigenvalue weighted by atomic mass is 10.0. The molecule has 0 saturated heterocycles. The quantitative estimate of drug-likeness (QED) is 0.233. The van der Waals surface area contributed by atoms with Crippen LogP contribution in [0.2, 0.25) is 0 Å². The van der Waals surface area contributed by atoms with Gasteiger partial charge in [-0.1, -0.05) is 65.9 Å². The Hall–Kier alpha value is -2.49. The van der Waals surface area contributed by atoms with Gasteiger partial charge in [0.15, 0.2) is 9.84 Å². The van der Waals surface area contributed by atoms with E-state index in [4.69, 9.17) is 12.2 Å². The van der Waals surface area contributed by atoms with E-state index in [9.17, 15) is 18.5 Å². The van der Waals surface area contributed by atoms with Gasteiger partial charge in [-0.15, -0.1) is 0 Å². The van der Waals surface area contributed by atoms with Crippen LogP contribution in [0.25, 0.3) is 10.8 Å². The van der Waals surface area contributed by atoms with Gasteiger partial charge in [-0.2, -0.15) is 0 Å². The molecule has 6 nitrogen and oxygen atoms in total. The minimum Gasteiger partial charge on any atom is -0.358 e. The Kier molecular flexibility index (Phi) is 7.53. The van der Waals surface area contributed by atoms with Gasteiger partial charge < -0.3 is 4.90 Å². The van der Waals surface area contributed by atoms with Crippen molar-refractivity contribution in [2.24, 2.45) is 0 Å². The summed E-state index contributed by atoms with van der Waals surface area (Å²) in [5, 5.41) is 13.2. The van der Waals surface area contributed by atoms with Crippen LogP contribution in [0.3, 0.4) is 0 Å². The second-order valence-electron chi connectivity index (χ2n) is 7.23. The Morgan fingerprint density at radius 2 is 1.69 bits per heavy atom. The SMILES string of the molecule is CCN(CC)C(=S)S[C@@H](c1ccc2ccccc2c1[N+](=O)[O-])S(=O)(=O)c1ccc(C)cc1. The highest BCUT2D eigenvalue weighted by Crippen LogP contribution is 2.45. The molecule has 3 rings (SSSR count). The van der Waals surface area contributed by atoms with E-state index in [0.29, 0.717) is 28.2 Å². The van der Waals surface area contributed by atoms with Gasteiger partial charge >= 0.3 is 0 Å². The zero-order chi connectivity index (χ0) is 23.5. The fourth-order valence-corrected chi connectivity index (χ4v) is 7.50. The van der Waals surface area contributed by atoms with Crippen molar-refractivity contribution in [1.29, 1.82) is 0 Å². The van der Waals surface area contributed by atoms with E-state index in [1.54, 1.807) is 42.5 Å². The van der Waals surface area contributed by atoms with Crippen LogP contribution in [0, 0.1) is 17.0 Å². The molecule has 0 aliphatic heterocycles. The largest absolute Gasteiger partial charge is 0.358 e. The number of hydrogen-bond donors (Lipinski definition) is 0. The number of nitrogens with zero attached hydrogens (tertiary/aromatic N) is 2. The average Bonchev–Trinajstić information content (AvgIpc) is 2.77. The monoisotopic (exact) mass is 488 g/mol. The van der Waals surface area contributed by atoms with Crippen molar-refractivity contribution in [3.63, 3.8) is 0 Å². The molecular formula is C23H24N2O4S3. The first kappa shape index (κ1) is 24.2. The molecule has 1 atom stereocenters. The van der Waals surface area contributed by atoms with Crippen LogP contribution in [0.5, 0.6) is 0 Å². The minimum absolute atomic E-state index is 0.102. The summed E-state index contributed by atoms with van der Waals surface area (Å²) in [5.41, 5.74) is 0.830. The van der Waals surface area contributed by atoms with Gasteiger partial charge in [0.2, 0.25) is 0 Å². The van der Waals surface area contributed by atoms with Gasteiger partial charge in [0, 0.05) is 13.1 Å². The zero-order valence-corrected chi connectivity index (χ0v) is 20.5. The van der Waals surface area contributed by atoms with Crippen molar-refractivity contribution in [2.45, 2.75) is 30.2 Å². The predicted molar refractivity (Wildman–Crippen MR) is 135 cm³/mol. The average molecular weight is 489 g/mol. The molecule has 0 aliphatic carbocycles. The molecule has 0 aromatic heterocycles. The molecule has 168 valence electrons. The summed E-state index contributed by atoms with van der Waals surface area (Å²) in [6, 6.07) is 16.6. The van der Waals surface area contributed by atoms with Crippen molar-refractivity contribution in [3.05, 3.63) is 81.9 Å². The molecule has 0 saturated carbocycles. The van der Waals surface area contributed by atoms with Gasteiger partial charge in [0.1, 0.15) is 8.90 Å². The van der Waals surface area contributed by atoms with E-state index in [-0.39, 0.29) is 16.1 Å². The molecule has 0 radical (unpaired) electrons. The number of thioether (sulfide) groups is 1. The van der Waals surface area contributed by atoms with Crippen molar-refractivity contribution >= 4 is 54.6 Å². The maximum atomic E-state index is 13.8. The van der Waals surface area contributed by atoms with Crippen LogP contribution in [-0.4, -0.2) is 35.7 Å². The van der Waals surface area contributed by atoms with Crippen LogP contribution >= 0.6 is 24.0 Å². The standard InChI is InChI=1S/C23H24N2O4S3/c1-4-24(5-2)23(30)31-22(32(28,29)18-13-10-16(3)11-14-18)20-15-12-17-8-6-7-9-19(17)21(20)25(26)27/h6-15,22H,4-5H2,1-3H3/t22-/m1/s1. The third kappa shape index (κ3) is 4.79. The third-order valence-corrected chi connectivity index (χ3v) is 9.50. The number of nitro groups is 1. The Bertz CT molecular complexity index is 1250. The number of fused-ring (bicyclic) bond motifs is 1. The first-order valence-electron chi connectivity index (χ1n) is 10.1. The highest BCUT2D eigenvalue weighted by atomic mass is 32.3. The number of thiocarbonyl (C=S) groups is 1. The molecule has 0 aliphatic rings. The molecule has 0 amide bonds. The Balaban J connectivity index is 2.25. The minimum atomic E-state index is -4.00. The van der Waals surface area contributed by atoms with E-state index >= 15 is 0 Å². The summed E-state index contributed by atoms with van der Waals surface area (Å²) < 4.78 is 26.7. The number of sulfone groups is 1. The molecular weight excluding hydrogens is 464 g/mol. The van der Waals surface area contributed by atoms with Gasteiger partial charge in [-0.05, 0) is 50.4 Å². The topological polar surface area (TPSA) is 80.5 Å². The summed E-state index contributed by atoms with van der Waals surface area (Å²) in [6.07, 6.45) is 0. The Labute approximate surface area is 197 Å². The lowest BCUT2D eigenvalue weighted by Crippen LogP contribution is -2.28. The first-order valence-corrected chi connectivity index (χ1v) is 13.0. The Morgan fingerprint density at radius 1 is 1.06 bits per heavy atom. The van der Waals surface area contributed by atoms with Crippen LogP contribution in [-0.2, 0) is 9.84 Å². The second kappa shape index (κ2) is 9.97. The molecule has 0 fully saturated rings. The van der Waals surface area contributed by atoms with Gasteiger partial charge in [-0.25, -0.2) is 8.42 Å².